The largest absolute Gasteiger partial charge is 0.453 e. The Morgan fingerprint density at radius 3 is 2.88 bits per heavy atom. The summed E-state index contributed by atoms with van der Waals surface area (Å²) in [7, 11) is 1.33. The van der Waals surface area contributed by atoms with Gasteiger partial charge in [-0.2, -0.15) is 0 Å². The third-order valence-corrected chi connectivity index (χ3v) is 4.93. The molecule has 0 bridgehead atoms. The summed E-state index contributed by atoms with van der Waals surface area (Å²) >= 11 is 6.14. The number of halogens is 2. The van der Waals surface area contributed by atoms with Crippen molar-refractivity contribution in [3.63, 3.8) is 0 Å². The van der Waals surface area contributed by atoms with Gasteiger partial charge in [-0.15, -0.1) is 0 Å². The fourth-order valence-electron chi connectivity index (χ4n) is 3.59. The Balaban J connectivity index is 1.95. The Hall–Kier alpha value is -2.53. The molecule has 1 N–H and O–H groups in total. The number of benzene rings is 2. The quantitative estimate of drug-likeness (QED) is 0.686. The molecule has 1 atom stereocenters. The number of fused-ring (bicyclic) bond motifs is 3. The van der Waals surface area contributed by atoms with Crippen LogP contribution in [0, 0.1) is 5.82 Å². The van der Waals surface area contributed by atoms with E-state index < -0.39 is 12.1 Å². The molecule has 1 aliphatic heterocycles. The highest BCUT2D eigenvalue weighted by Crippen LogP contribution is 2.40. The monoisotopic (exact) mass is 358 g/mol. The third kappa shape index (κ3) is 2.55. The van der Waals surface area contributed by atoms with E-state index in [1.54, 1.807) is 23.1 Å². The molecule has 25 heavy (non-hydrogen) atoms. The highest BCUT2D eigenvalue weighted by Gasteiger charge is 2.36. The van der Waals surface area contributed by atoms with Gasteiger partial charge in [0.2, 0.25) is 0 Å². The molecule has 128 valence electrons. The van der Waals surface area contributed by atoms with Crippen molar-refractivity contribution < 1.29 is 13.9 Å². The number of carbonyl (C=O) groups excluding carboxylic acids is 1. The lowest BCUT2D eigenvalue weighted by Gasteiger charge is -2.35. The SMILES string of the molecule is COC(=O)N1CCc2c([nH]c3ccc(Cl)cc23)C1c1ccccc1F. The molecule has 0 aliphatic carbocycles. The van der Waals surface area contributed by atoms with Crippen LogP contribution in [0.5, 0.6) is 0 Å². The van der Waals surface area contributed by atoms with Crippen molar-refractivity contribution in [1.82, 2.24) is 9.88 Å². The predicted molar refractivity (Wildman–Crippen MR) is 94.4 cm³/mol. The maximum atomic E-state index is 14.5. The Morgan fingerprint density at radius 1 is 1.32 bits per heavy atom. The number of aromatic nitrogens is 1. The summed E-state index contributed by atoms with van der Waals surface area (Å²) in [5, 5.41) is 1.65. The van der Waals surface area contributed by atoms with Gasteiger partial charge in [0.15, 0.2) is 0 Å². The fourth-order valence-corrected chi connectivity index (χ4v) is 3.77. The average molecular weight is 359 g/mol. The fraction of sp³-hybridized carbons (Fsp3) is 0.211. The van der Waals surface area contributed by atoms with Gasteiger partial charge in [-0.1, -0.05) is 29.8 Å². The van der Waals surface area contributed by atoms with Crippen LogP contribution in [0.4, 0.5) is 9.18 Å². The molecule has 1 aromatic heterocycles. The summed E-state index contributed by atoms with van der Waals surface area (Å²) in [6.45, 7) is 0.443. The number of carbonyl (C=O) groups is 1. The smallest absolute Gasteiger partial charge is 0.410 e. The standard InChI is InChI=1S/C19H16ClFN2O2/c1-25-19(24)23-9-8-12-14-10-11(20)6-7-16(14)22-17(12)18(23)13-4-2-3-5-15(13)21/h2-7,10,18,22H,8-9H2,1H3. The van der Waals surface area contributed by atoms with Crippen molar-refractivity contribution in [1.29, 1.82) is 0 Å². The van der Waals surface area contributed by atoms with E-state index >= 15 is 0 Å². The number of rotatable bonds is 1. The Kier molecular flexibility index (Phi) is 3.88. The van der Waals surface area contributed by atoms with Crippen molar-refractivity contribution in [2.75, 3.05) is 13.7 Å². The molecule has 1 unspecified atom stereocenters. The zero-order valence-corrected chi connectivity index (χ0v) is 14.3. The summed E-state index contributed by atoms with van der Waals surface area (Å²) in [6, 6.07) is 11.5. The number of hydrogen-bond donors (Lipinski definition) is 1. The van der Waals surface area contributed by atoms with Gasteiger partial charge in [0.1, 0.15) is 11.9 Å². The number of hydrogen-bond acceptors (Lipinski definition) is 2. The summed E-state index contributed by atoms with van der Waals surface area (Å²) in [5.41, 5.74) is 3.22. The number of H-pyrrole nitrogens is 1. The predicted octanol–water partition coefficient (Wildman–Crippen LogP) is 4.67. The van der Waals surface area contributed by atoms with Gasteiger partial charge < -0.3 is 9.72 Å². The lowest BCUT2D eigenvalue weighted by Crippen LogP contribution is -2.40. The maximum Gasteiger partial charge on any atom is 0.410 e. The molecule has 0 saturated carbocycles. The number of amides is 1. The van der Waals surface area contributed by atoms with Crippen molar-refractivity contribution in [3.05, 3.63) is 70.1 Å². The maximum absolute atomic E-state index is 14.5. The second-order valence-electron chi connectivity index (χ2n) is 6.04. The van der Waals surface area contributed by atoms with E-state index in [1.807, 2.05) is 18.2 Å². The Bertz CT molecular complexity index is 969. The summed E-state index contributed by atoms with van der Waals surface area (Å²) in [5.74, 6) is -0.356. The minimum Gasteiger partial charge on any atom is -0.453 e. The molecule has 1 amide bonds. The molecular formula is C19H16ClFN2O2. The highest BCUT2D eigenvalue weighted by atomic mass is 35.5. The summed E-state index contributed by atoms with van der Waals surface area (Å²) < 4.78 is 19.4. The molecule has 4 nitrogen and oxygen atoms in total. The van der Waals surface area contributed by atoms with Crippen molar-refractivity contribution in [2.24, 2.45) is 0 Å². The molecular weight excluding hydrogens is 343 g/mol. The number of ether oxygens (including phenoxy) is 1. The summed E-state index contributed by atoms with van der Waals surface area (Å²) in [6.07, 6.45) is 0.172. The molecule has 0 radical (unpaired) electrons. The van der Waals surface area contributed by atoms with Crippen LogP contribution in [0.25, 0.3) is 10.9 Å². The second-order valence-corrected chi connectivity index (χ2v) is 6.48. The van der Waals surface area contributed by atoms with Gasteiger partial charge in [-0.25, -0.2) is 9.18 Å². The Morgan fingerprint density at radius 2 is 2.12 bits per heavy atom. The van der Waals surface area contributed by atoms with E-state index in [1.165, 1.54) is 13.2 Å². The van der Waals surface area contributed by atoms with E-state index in [0.717, 1.165) is 22.2 Å². The lowest BCUT2D eigenvalue weighted by molar-refractivity contribution is 0.107. The van der Waals surface area contributed by atoms with Crippen LogP contribution in [-0.2, 0) is 11.2 Å². The highest BCUT2D eigenvalue weighted by molar-refractivity contribution is 6.31. The number of nitrogens with zero attached hydrogens (tertiary/aromatic N) is 1. The number of methoxy groups -OCH3 is 1. The summed E-state index contributed by atoms with van der Waals surface area (Å²) in [4.78, 5) is 17.2. The minimum absolute atomic E-state index is 0.356. The first-order valence-corrected chi connectivity index (χ1v) is 8.37. The van der Waals surface area contributed by atoms with E-state index in [9.17, 15) is 9.18 Å². The number of nitrogens with one attached hydrogen (secondary N) is 1. The lowest BCUT2D eigenvalue weighted by atomic mass is 9.92. The molecule has 0 fully saturated rings. The van der Waals surface area contributed by atoms with E-state index in [0.29, 0.717) is 23.6 Å². The molecule has 2 heterocycles. The van der Waals surface area contributed by atoms with Crippen LogP contribution in [0.1, 0.15) is 22.9 Å². The van der Waals surface area contributed by atoms with Crippen LogP contribution in [0.3, 0.4) is 0 Å². The molecule has 1 aliphatic rings. The van der Waals surface area contributed by atoms with Gasteiger partial charge in [0.25, 0.3) is 0 Å². The zero-order valence-electron chi connectivity index (χ0n) is 13.6. The zero-order chi connectivity index (χ0) is 17.6. The molecule has 0 saturated heterocycles. The first kappa shape index (κ1) is 16.0. The molecule has 6 heteroatoms. The van der Waals surface area contributed by atoms with Gasteiger partial charge in [0, 0.05) is 33.7 Å². The molecule has 2 aromatic carbocycles. The minimum atomic E-state index is -0.566. The van der Waals surface area contributed by atoms with Gasteiger partial charge >= 0.3 is 6.09 Å². The van der Waals surface area contributed by atoms with Gasteiger partial charge in [0.05, 0.1) is 7.11 Å². The van der Waals surface area contributed by atoms with Crippen molar-refractivity contribution in [2.45, 2.75) is 12.5 Å². The van der Waals surface area contributed by atoms with Crippen LogP contribution in [-0.4, -0.2) is 29.6 Å². The van der Waals surface area contributed by atoms with Gasteiger partial charge in [-0.3, -0.25) is 4.90 Å². The molecule has 3 aromatic rings. The van der Waals surface area contributed by atoms with E-state index in [4.69, 9.17) is 16.3 Å². The Labute approximate surface area is 149 Å². The third-order valence-electron chi connectivity index (χ3n) is 4.70. The van der Waals surface area contributed by atoms with E-state index in [-0.39, 0.29) is 5.82 Å². The number of aromatic amines is 1. The van der Waals surface area contributed by atoms with E-state index in [2.05, 4.69) is 4.98 Å². The second kappa shape index (κ2) is 6.08. The topological polar surface area (TPSA) is 45.3 Å². The molecule has 0 spiro atoms. The normalized spacial score (nSPS) is 16.8. The van der Waals surface area contributed by atoms with Crippen LogP contribution < -0.4 is 0 Å². The molecule has 4 rings (SSSR count). The van der Waals surface area contributed by atoms with Crippen LogP contribution in [0.2, 0.25) is 5.02 Å². The first-order chi connectivity index (χ1) is 12.1. The first-order valence-electron chi connectivity index (χ1n) is 7.99. The van der Waals surface area contributed by atoms with Crippen LogP contribution >= 0.6 is 11.6 Å². The van der Waals surface area contributed by atoms with Crippen molar-refractivity contribution in [3.8, 4) is 0 Å². The average Bonchev–Trinajstić information content (AvgIpc) is 2.99. The van der Waals surface area contributed by atoms with Crippen LogP contribution in [0.15, 0.2) is 42.5 Å². The van der Waals surface area contributed by atoms with Crippen molar-refractivity contribution >= 4 is 28.6 Å². The van der Waals surface area contributed by atoms with Gasteiger partial charge in [-0.05, 0) is 36.2 Å².